The number of allylic oxidation sites excluding steroid dienone is 1. The highest BCUT2D eigenvalue weighted by Crippen LogP contribution is 2.43. The lowest BCUT2D eigenvalue weighted by Gasteiger charge is -2.20. The fourth-order valence-corrected chi connectivity index (χ4v) is 8.64. The lowest BCUT2D eigenvalue weighted by atomic mass is 9.93. The molecule has 4 nitrogen and oxygen atoms in total. The Kier molecular flexibility index (Phi) is 7.82. The molecular formula is C53H37N3O. The Labute approximate surface area is 330 Å². The number of fused-ring (bicyclic) bond motifs is 7. The molecule has 0 N–H and O–H groups in total. The largest absolute Gasteiger partial charge is 0.456 e. The highest BCUT2D eigenvalue weighted by molar-refractivity contribution is 6.19. The van der Waals surface area contributed by atoms with Gasteiger partial charge in [0.05, 0.1) is 33.5 Å². The maximum Gasteiger partial charge on any atom is 0.160 e. The van der Waals surface area contributed by atoms with E-state index in [2.05, 4.69) is 193 Å². The van der Waals surface area contributed by atoms with Gasteiger partial charge in [0, 0.05) is 33.2 Å². The summed E-state index contributed by atoms with van der Waals surface area (Å²) < 4.78 is 9.05. The lowest BCUT2D eigenvalue weighted by Crippen LogP contribution is -2.17. The molecule has 3 heterocycles. The van der Waals surface area contributed by atoms with Crippen LogP contribution in [0, 0.1) is 5.92 Å². The first-order valence-corrected chi connectivity index (χ1v) is 19.6. The number of furan rings is 1. The van der Waals surface area contributed by atoms with Crippen LogP contribution < -0.4 is 0 Å². The molecule has 270 valence electrons. The SMILES string of the molecule is CC1C/C=C(c2ccc3oc4ccccc4c3c2-n2c3ccccc3c3cc4ccccc4cc32)/N=C(c2ccc(-c3ccccc3)cc2)\N=C/1c1ccccc1. The number of rotatable bonds is 5. The van der Waals surface area contributed by atoms with Crippen LogP contribution in [-0.4, -0.2) is 16.1 Å². The Morgan fingerprint density at radius 1 is 0.509 bits per heavy atom. The summed E-state index contributed by atoms with van der Waals surface area (Å²) in [7, 11) is 0. The molecule has 11 rings (SSSR count). The Morgan fingerprint density at radius 2 is 1.14 bits per heavy atom. The smallest absolute Gasteiger partial charge is 0.160 e. The standard InChI is InChI=1S/C53H37N3O/c1-34-24-30-45(54-53(55-51(34)37-16-6-3-7-17-37)38-27-25-36(26-28-38)35-14-4-2-5-15-35)42-29-31-49-50(43-21-11-13-23-48(43)57-49)52(42)56-46-22-12-10-20-41(46)44-32-39-18-8-9-19-40(39)33-47(44)56/h2-23,25-34H,24H2,1H3/b45-30+,54-53-,55-51+. The number of benzene rings is 8. The number of para-hydroxylation sites is 2. The van der Waals surface area contributed by atoms with Gasteiger partial charge in [-0.1, -0.05) is 159 Å². The van der Waals surface area contributed by atoms with Gasteiger partial charge in [-0.15, -0.1) is 0 Å². The number of aliphatic imine (C=N–C) groups is 2. The van der Waals surface area contributed by atoms with Gasteiger partial charge in [-0.05, 0) is 70.3 Å². The maximum absolute atomic E-state index is 6.60. The molecule has 0 saturated heterocycles. The van der Waals surface area contributed by atoms with Crippen LogP contribution in [0.2, 0.25) is 0 Å². The van der Waals surface area contributed by atoms with Gasteiger partial charge in [-0.25, -0.2) is 9.98 Å². The van der Waals surface area contributed by atoms with E-state index in [1.165, 1.54) is 27.1 Å². The highest BCUT2D eigenvalue weighted by atomic mass is 16.3. The van der Waals surface area contributed by atoms with Gasteiger partial charge in [-0.3, -0.25) is 0 Å². The molecule has 1 unspecified atom stereocenters. The molecule has 0 amide bonds. The van der Waals surface area contributed by atoms with E-state index in [1.807, 2.05) is 6.07 Å². The van der Waals surface area contributed by atoms with Gasteiger partial charge in [-0.2, -0.15) is 0 Å². The van der Waals surface area contributed by atoms with Crippen molar-refractivity contribution in [3.63, 3.8) is 0 Å². The molecule has 1 aliphatic rings. The third kappa shape index (κ3) is 5.60. The summed E-state index contributed by atoms with van der Waals surface area (Å²) in [6.45, 7) is 2.27. The summed E-state index contributed by atoms with van der Waals surface area (Å²) in [5.74, 6) is 0.820. The topological polar surface area (TPSA) is 42.8 Å². The second-order valence-corrected chi connectivity index (χ2v) is 15.0. The van der Waals surface area contributed by atoms with E-state index in [1.54, 1.807) is 0 Å². The summed E-state index contributed by atoms with van der Waals surface area (Å²) >= 11 is 0. The maximum atomic E-state index is 6.60. The second-order valence-electron chi connectivity index (χ2n) is 15.0. The molecule has 8 aromatic carbocycles. The zero-order chi connectivity index (χ0) is 37.9. The van der Waals surface area contributed by atoms with Crippen molar-refractivity contribution in [2.24, 2.45) is 15.9 Å². The minimum absolute atomic E-state index is 0.137. The first-order chi connectivity index (χ1) is 28.2. The summed E-state index contributed by atoms with van der Waals surface area (Å²) in [6.07, 6.45) is 3.09. The lowest BCUT2D eigenvalue weighted by molar-refractivity contribution is 0.669. The third-order valence-corrected chi connectivity index (χ3v) is 11.5. The monoisotopic (exact) mass is 731 g/mol. The number of hydrogen-bond acceptors (Lipinski definition) is 3. The molecule has 0 spiro atoms. The van der Waals surface area contributed by atoms with Crippen LogP contribution in [0.15, 0.2) is 202 Å². The Morgan fingerprint density at radius 3 is 1.93 bits per heavy atom. The van der Waals surface area contributed by atoms with Gasteiger partial charge < -0.3 is 8.98 Å². The van der Waals surface area contributed by atoms with Crippen LogP contribution in [0.3, 0.4) is 0 Å². The fraction of sp³-hybridized carbons (Fsp3) is 0.0566. The van der Waals surface area contributed by atoms with Gasteiger partial charge >= 0.3 is 0 Å². The predicted octanol–water partition coefficient (Wildman–Crippen LogP) is 13.8. The molecule has 2 aromatic heterocycles. The highest BCUT2D eigenvalue weighted by Gasteiger charge is 2.25. The fourth-order valence-electron chi connectivity index (χ4n) is 8.64. The van der Waals surface area contributed by atoms with E-state index >= 15 is 0 Å². The Bertz CT molecular complexity index is 3260. The van der Waals surface area contributed by atoms with Crippen molar-refractivity contribution in [3.8, 4) is 16.8 Å². The minimum Gasteiger partial charge on any atom is -0.456 e. The van der Waals surface area contributed by atoms with Crippen molar-refractivity contribution in [1.29, 1.82) is 0 Å². The van der Waals surface area contributed by atoms with Crippen molar-refractivity contribution in [3.05, 3.63) is 205 Å². The molecule has 0 aliphatic carbocycles. The third-order valence-electron chi connectivity index (χ3n) is 11.5. The number of aromatic nitrogens is 1. The minimum atomic E-state index is 0.137. The molecule has 0 radical (unpaired) electrons. The molecule has 10 aromatic rings. The molecule has 57 heavy (non-hydrogen) atoms. The molecule has 0 bridgehead atoms. The van der Waals surface area contributed by atoms with Crippen molar-refractivity contribution >= 4 is 71.8 Å². The van der Waals surface area contributed by atoms with Crippen LogP contribution in [0.5, 0.6) is 0 Å². The van der Waals surface area contributed by atoms with E-state index in [0.717, 1.165) is 78.7 Å². The average molecular weight is 732 g/mol. The molecule has 1 atom stereocenters. The van der Waals surface area contributed by atoms with E-state index in [-0.39, 0.29) is 5.92 Å². The predicted molar refractivity (Wildman–Crippen MR) is 239 cm³/mol. The van der Waals surface area contributed by atoms with Gasteiger partial charge in [0.25, 0.3) is 0 Å². The summed E-state index contributed by atoms with van der Waals surface area (Å²) in [5, 5.41) is 6.96. The normalized spacial score (nSPS) is 17.6. The molecule has 1 aliphatic heterocycles. The first-order valence-electron chi connectivity index (χ1n) is 19.6. The molecule has 0 fully saturated rings. The number of hydrogen-bond donors (Lipinski definition) is 0. The van der Waals surface area contributed by atoms with Crippen LogP contribution in [-0.2, 0) is 0 Å². The van der Waals surface area contributed by atoms with Crippen LogP contribution >= 0.6 is 0 Å². The van der Waals surface area contributed by atoms with Gasteiger partial charge in [0.15, 0.2) is 5.84 Å². The molecule has 4 heteroatoms. The second kappa shape index (κ2) is 13.5. The van der Waals surface area contributed by atoms with Crippen LogP contribution in [0.4, 0.5) is 0 Å². The zero-order valence-corrected chi connectivity index (χ0v) is 31.4. The van der Waals surface area contributed by atoms with E-state index in [4.69, 9.17) is 14.4 Å². The van der Waals surface area contributed by atoms with Crippen molar-refractivity contribution in [2.45, 2.75) is 13.3 Å². The summed E-state index contributed by atoms with van der Waals surface area (Å²) in [5.41, 5.74) is 12.4. The van der Waals surface area contributed by atoms with Crippen molar-refractivity contribution in [1.82, 2.24) is 4.57 Å². The van der Waals surface area contributed by atoms with Crippen LogP contribution in [0.25, 0.3) is 77.0 Å². The Balaban J connectivity index is 1.21. The van der Waals surface area contributed by atoms with Crippen molar-refractivity contribution in [2.75, 3.05) is 0 Å². The van der Waals surface area contributed by atoms with Gasteiger partial charge in [0.2, 0.25) is 0 Å². The quantitative estimate of drug-likeness (QED) is 0.174. The van der Waals surface area contributed by atoms with Gasteiger partial charge in [0.1, 0.15) is 11.2 Å². The molecular weight excluding hydrogens is 695 g/mol. The summed E-state index contributed by atoms with van der Waals surface area (Å²) in [6, 6.07) is 64.4. The zero-order valence-electron chi connectivity index (χ0n) is 31.4. The number of amidine groups is 1. The Hall–Kier alpha value is -7.30. The van der Waals surface area contributed by atoms with E-state index in [9.17, 15) is 0 Å². The first kappa shape index (κ1) is 33.1. The molecule has 0 saturated carbocycles. The van der Waals surface area contributed by atoms with Crippen LogP contribution in [0.1, 0.15) is 30.0 Å². The van der Waals surface area contributed by atoms with E-state index < -0.39 is 0 Å². The number of nitrogens with zero attached hydrogens (tertiary/aromatic N) is 3. The average Bonchev–Trinajstić information content (AvgIpc) is 3.80. The van der Waals surface area contributed by atoms with Crippen molar-refractivity contribution < 1.29 is 4.42 Å². The van der Waals surface area contributed by atoms with E-state index in [0.29, 0.717) is 5.84 Å². The summed E-state index contributed by atoms with van der Waals surface area (Å²) in [4.78, 5) is 11.1.